The van der Waals surface area contributed by atoms with E-state index in [0.717, 1.165) is 23.3 Å². The smallest absolute Gasteiger partial charge is 0.255 e. The van der Waals surface area contributed by atoms with Crippen LogP contribution < -0.4 is 0 Å². The molecule has 1 aliphatic rings. The van der Waals surface area contributed by atoms with Gasteiger partial charge >= 0.3 is 0 Å². The number of fused-ring (bicyclic) bond motifs is 1. The van der Waals surface area contributed by atoms with Gasteiger partial charge in [-0.2, -0.15) is 0 Å². The fourth-order valence-electron chi connectivity index (χ4n) is 2.54. The number of aliphatic hydroxyl groups excluding tert-OH is 1. The molecule has 19 heavy (non-hydrogen) atoms. The van der Waals surface area contributed by atoms with Crippen LogP contribution in [-0.2, 0) is 11.2 Å². The van der Waals surface area contributed by atoms with Gasteiger partial charge in [-0.15, -0.1) is 11.3 Å². The Balaban J connectivity index is 2.14. The van der Waals surface area contributed by atoms with Gasteiger partial charge in [0.1, 0.15) is 0 Å². The van der Waals surface area contributed by atoms with Crippen molar-refractivity contribution in [3.63, 3.8) is 0 Å². The number of alkyl halides is 2. The highest BCUT2D eigenvalue weighted by atomic mass is 32.1. The van der Waals surface area contributed by atoms with Crippen LogP contribution in [0.2, 0.25) is 0 Å². The molecule has 1 amide bonds. The zero-order chi connectivity index (χ0) is 13.8. The predicted octanol–water partition coefficient (Wildman–Crippen LogP) is 2.25. The Hall–Kier alpha value is -1.01. The van der Waals surface area contributed by atoms with E-state index in [1.165, 1.54) is 4.88 Å². The van der Waals surface area contributed by atoms with Crippen LogP contribution in [0.25, 0.3) is 0 Å². The van der Waals surface area contributed by atoms with E-state index in [4.69, 9.17) is 5.11 Å². The summed E-state index contributed by atoms with van der Waals surface area (Å²) in [6.07, 6.45) is 0.00584. The number of aliphatic hydroxyl groups is 1. The number of hydrogen-bond donors (Lipinski definition) is 1. The number of carbonyl (C=O) groups is 1. The second-order valence-electron chi connectivity index (χ2n) is 4.64. The van der Waals surface area contributed by atoms with Gasteiger partial charge in [-0.05, 0) is 36.3 Å². The van der Waals surface area contributed by atoms with E-state index in [2.05, 4.69) is 0 Å². The maximum atomic E-state index is 12.5. The Kier molecular flexibility index (Phi) is 4.87. The first-order chi connectivity index (χ1) is 9.13. The van der Waals surface area contributed by atoms with Crippen molar-refractivity contribution in [2.24, 2.45) is 0 Å². The van der Waals surface area contributed by atoms with Crippen molar-refractivity contribution >= 4 is 17.2 Å². The summed E-state index contributed by atoms with van der Waals surface area (Å²) in [5, 5.41) is 10.9. The van der Waals surface area contributed by atoms with Crippen LogP contribution in [0.4, 0.5) is 8.78 Å². The van der Waals surface area contributed by atoms with Crippen molar-refractivity contribution in [1.29, 1.82) is 0 Å². The summed E-state index contributed by atoms with van der Waals surface area (Å²) in [6, 6.07) is 1.92. The van der Waals surface area contributed by atoms with Crippen LogP contribution in [0.5, 0.6) is 0 Å². The second-order valence-corrected chi connectivity index (χ2v) is 5.64. The Morgan fingerprint density at radius 1 is 1.58 bits per heavy atom. The molecular formula is C13H17F2NO2S. The molecule has 0 aromatic carbocycles. The lowest BCUT2D eigenvalue weighted by Crippen LogP contribution is -2.40. The first-order valence-electron chi connectivity index (χ1n) is 6.37. The largest absolute Gasteiger partial charge is 0.395 e. The topological polar surface area (TPSA) is 40.5 Å². The van der Waals surface area contributed by atoms with E-state index in [0.29, 0.717) is 6.42 Å². The number of rotatable bonds is 5. The SMILES string of the molecule is O=C(C1CCCc2sccc21)N(CCO)CC(F)F. The average molecular weight is 289 g/mol. The molecule has 1 atom stereocenters. The number of aryl methyl sites for hydroxylation is 1. The van der Waals surface area contributed by atoms with Gasteiger partial charge in [-0.1, -0.05) is 0 Å². The van der Waals surface area contributed by atoms with Crippen molar-refractivity contribution in [2.75, 3.05) is 19.7 Å². The minimum Gasteiger partial charge on any atom is -0.395 e. The second kappa shape index (κ2) is 6.43. The van der Waals surface area contributed by atoms with Gasteiger partial charge in [-0.3, -0.25) is 4.79 Å². The van der Waals surface area contributed by atoms with Crippen LogP contribution in [0, 0.1) is 0 Å². The number of halogens is 2. The zero-order valence-corrected chi connectivity index (χ0v) is 11.3. The van der Waals surface area contributed by atoms with Gasteiger partial charge in [0.15, 0.2) is 0 Å². The average Bonchev–Trinajstić information content (AvgIpc) is 2.85. The summed E-state index contributed by atoms with van der Waals surface area (Å²) in [5.41, 5.74) is 0.985. The van der Waals surface area contributed by atoms with Crippen molar-refractivity contribution in [3.8, 4) is 0 Å². The first-order valence-corrected chi connectivity index (χ1v) is 7.25. The summed E-state index contributed by atoms with van der Waals surface area (Å²) in [4.78, 5) is 14.6. The molecule has 0 aliphatic heterocycles. The van der Waals surface area contributed by atoms with E-state index in [9.17, 15) is 13.6 Å². The van der Waals surface area contributed by atoms with Gasteiger partial charge in [0, 0.05) is 11.4 Å². The number of carbonyl (C=O) groups excluding carboxylic acids is 1. The number of nitrogens with zero attached hydrogens (tertiary/aromatic N) is 1. The minimum atomic E-state index is -2.57. The Morgan fingerprint density at radius 3 is 3.05 bits per heavy atom. The van der Waals surface area contributed by atoms with Crippen molar-refractivity contribution in [2.45, 2.75) is 31.6 Å². The molecule has 1 heterocycles. The number of amides is 1. The predicted molar refractivity (Wildman–Crippen MR) is 69.7 cm³/mol. The lowest BCUT2D eigenvalue weighted by Gasteiger charge is -2.29. The Morgan fingerprint density at radius 2 is 2.37 bits per heavy atom. The van der Waals surface area contributed by atoms with Gasteiger partial charge in [-0.25, -0.2) is 8.78 Å². The molecule has 0 radical (unpaired) electrons. The summed E-state index contributed by atoms with van der Waals surface area (Å²) < 4.78 is 25.0. The molecule has 1 N–H and O–H groups in total. The molecule has 0 saturated carbocycles. The number of thiophene rings is 1. The Bertz CT molecular complexity index is 436. The van der Waals surface area contributed by atoms with Crippen molar-refractivity contribution < 1.29 is 18.7 Å². The quantitative estimate of drug-likeness (QED) is 0.903. The normalized spacial score (nSPS) is 18.4. The van der Waals surface area contributed by atoms with Crippen LogP contribution in [0.1, 0.15) is 29.2 Å². The molecule has 1 aromatic heterocycles. The summed E-state index contributed by atoms with van der Waals surface area (Å²) >= 11 is 1.62. The number of hydrogen-bond acceptors (Lipinski definition) is 3. The summed E-state index contributed by atoms with van der Waals surface area (Å²) in [6.45, 7) is -0.920. The molecule has 1 unspecified atom stereocenters. The standard InChI is InChI=1S/C13H17F2NO2S/c14-12(15)8-16(5-6-17)13(18)10-2-1-3-11-9(10)4-7-19-11/h4,7,10,12,17H,1-3,5-6,8H2. The first kappa shape index (κ1) is 14.4. The highest BCUT2D eigenvalue weighted by Gasteiger charge is 2.31. The molecule has 0 bridgehead atoms. The molecule has 3 nitrogen and oxygen atoms in total. The highest BCUT2D eigenvalue weighted by Crippen LogP contribution is 2.36. The van der Waals surface area contributed by atoms with Crippen LogP contribution >= 0.6 is 11.3 Å². The highest BCUT2D eigenvalue weighted by molar-refractivity contribution is 7.10. The minimum absolute atomic E-state index is 0.0286. The van der Waals surface area contributed by atoms with E-state index in [1.807, 2.05) is 11.4 Å². The van der Waals surface area contributed by atoms with Gasteiger partial charge in [0.25, 0.3) is 6.43 Å². The Labute approximate surface area is 114 Å². The molecule has 6 heteroatoms. The van der Waals surface area contributed by atoms with E-state index < -0.39 is 13.0 Å². The monoisotopic (exact) mass is 289 g/mol. The third-order valence-corrected chi connectivity index (χ3v) is 4.39. The van der Waals surface area contributed by atoms with Gasteiger partial charge in [0.05, 0.1) is 19.1 Å². The van der Waals surface area contributed by atoms with Crippen molar-refractivity contribution in [1.82, 2.24) is 4.90 Å². The van der Waals surface area contributed by atoms with E-state index in [1.54, 1.807) is 11.3 Å². The molecule has 1 aromatic rings. The lowest BCUT2D eigenvalue weighted by molar-refractivity contribution is -0.135. The fourth-order valence-corrected chi connectivity index (χ4v) is 3.53. The maximum Gasteiger partial charge on any atom is 0.255 e. The summed E-state index contributed by atoms with van der Waals surface area (Å²) in [7, 11) is 0. The lowest BCUT2D eigenvalue weighted by atomic mass is 9.86. The van der Waals surface area contributed by atoms with E-state index >= 15 is 0 Å². The molecule has 2 rings (SSSR count). The van der Waals surface area contributed by atoms with E-state index in [-0.39, 0.29) is 25.0 Å². The fraction of sp³-hybridized carbons (Fsp3) is 0.615. The van der Waals surface area contributed by atoms with Crippen LogP contribution in [0.15, 0.2) is 11.4 Å². The van der Waals surface area contributed by atoms with Gasteiger partial charge < -0.3 is 10.0 Å². The van der Waals surface area contributed by atoms with Crippen LogP contribution in [-0.4, -0.2) is 42.0 Å². The zero-order valence-electron chi connectivity index (χ0n) is 10.5. The molecule has 1 aliphatic carbocycles. The maximum absolute atomic E-state index is 12.5. The van der Waals surface area contributed by atoms with Crippen LogP contribution in [0.3, 0.4) is 0 Å². The molecule has 0 fully saturated rings. The van der Waals surface area contributed by atoms with Gasteiger partial charge in [0.2, 0.25) is 5.91 Å². The molecule has 106 valence electrons. The molecular weight excluding hydrogens is 272 g/mol. The summed E-state index contributed by atoms with van der Waals surface area (Å²) in [5.74, 6) is -0.603. The molecule has 0 spiro atoms. The van der Waals surface area contributed by atoms with Crippen molar-refractivity contribution in [3.05, 3.63) is 21.9 Å². The third kappa shape index (κ3) is 3.30. The molecule has 0 saturated heterocycles. The third-order valence-electron chi connectivity index (χ3n) is 3.39.